The fourth-order valence-electron chi connectivity index (χ4n) is 7.42. The largest absolute Gasteiger partial charge is 0.354 e. The molecule has 0 spiro atoms. The van der Waals surface area contributed by atoms with Crippen molar-refractivity contribution in [3.05, 3.63) is 35.4 Å². The molecule has 1 N–H and O–H groups in total. The predicted octanol–water partition coefficient (Wildman–Crippen LogP) is 5.24. The SMILES string of the molecule is Cc1ccc([C@@H](CNC(=O)C23CC4CC(CC(C4)C2)C3)N2CCCCCC2)cc1. The third-order valence-corrected chi connectivity index (χ3v) is 8.52. The standard InChI is InChI=1S/C26H38N2O/c1-19-6-8-23(9-7-19)24(28-10-4-2-3-5-11-28)18-27-25(29)26-15-20-12-21(16-26)14-22(13-20)17-26/h6-9,20-22,24H,2-5,10-18H2,1H3,(H,27,29)/t20?,21?,22?,24-,26?/m1/s1. The number of carbonyl (C=O) groups is 1. The zero-order chi connectivity index (χ0) is 19.8. The topological polar surface area (TPSA) is 32.3 Å². The Morgan fingerprint density at radius 3 is 2.07 bits per heavy atom. The van der Waals surface area contributed by atoms with Crippen LogP contribution in [0, 0.1) is 30.1 Å². The molecule has 0 radical (unpaired) electrons. The van der Waals surface area contributed by atoms with Crippen LogP contribution in [-0.2, 0) is 4.79 Å². The van der Waals surface area contributed by atoms with Crippen molar-refractivity contribution in [3.8, 4) is 0 Å². The Morgan fingerprint density at radius 2 is 1.52 bits per heavy atom. The van der Waals surface area contributed by atoms with Gasteiger partial charge in [-0.05, 0) is 94.7 Å². The van der Waals surface area contributed by atoms with Gasteiger partial charge >= 0.3 is 0 Å². The molecule has 4 bridgehead atoms. The summed E-state index contributed by atoms with van der Waals surface area (Å²) in [5.41, 5.74) is 2.63. The predicted molar refractivity (Wildman–Crippen MR) is 118 cm³/mol. The van der Waals surface area contributed by atoms with Crippen molar-refractivity contribution in [2.45, 2.75) is 77.2 Å². The van der Waals surface area contributed by atoms with Gasteiger partial charge in [-0.15, -0.1) is 0 Å². The minimum Gasteiger partial charge on any atom is -0.354 e. The van der Waals surface area contributed by atoms with Crippen LogP contribution in [0.15, 0.2) is 24.3 Å². The van der Waals surface area contributed by atoms with Crippen molar-refractivity contribution in [2.24, 2.45) is 23.2 Å². The normalized spacial score (nSPS) is 35.3. The van der Waals surface area contributed by atoms with Crippen LogP contribution in [0.5, 0.6) is 0 Å². The summed E-state index contributed by atoms with van der Waals surface area (Å²) < 4.78 is 0. The summed E-state index contributed by atoms with van der Waals surface area (Å²) in [6.45, 7) is 5.24. The molecule has 0 aromatic heterocycles. The van der Waals surface area contributed by atoms with Gasteiger partial charge in [-0.25, -0.2) is 0 Å². The molecule has 1 aromatic rings. The molecule has 1 aliphatic heterocycles. The average molecular weight is 395 g/mol. The molecule has 1 saturated heterocycles. The Hall–Kier alpha value is -1.35. The molecular formula is C26H38N2O. The first-order valence-corrected chi connectivity index (χ1v) is 12.2. The molecule has 5 aliphatic rings. The highest BCUT2D eigenvalue weighted by atomic mass is 16.2. The molecule has 1 amide bonds. The minimum absolute atomic E-state index is 0.0363. The number of rotatable bonds is 5. The van der Waals surface area contributed by atoms with E-state index in [0.717, 1.165) is 56.7 Å². The van der Waals surface area contributed by atoms with Gasteiger partial charge in [0.25, 0.3) is 0 Å². The van der Waals surface area contributed by atoms with Crippen LogP contribution in [0.1, 0.15) is 81.4 Å². The van der Waals surface area contributed by atoms with Gasteiger partial charge in [0.15, 0.2) is 0 Å². The van der Waals surface area contributed by atoms with E-state index in [-0.39, 0.29) is 5.41 Å². The van der Waals surface area contributed by atoms with Gasteiger partial charge in [-0.2, -0.15) is 0 Å². The molecular weight excluding hydrogens is 356 g/mol. The molecule has 4 aliphatic carbocycles. The zero-order valence-electron chi connectivity index (χ0n) is 18.2. The summed E-state index contributed by atoms with van der Waals surface area (Å²) in [6, 6.07) is 9.32. The van der Waals surface area contributed by atoms with Crippen LogP contribution < -0.4 is 5.32 Å². The molecule has 3 nitrogen and oxygen atoms in total. The van der Waals surface area contributed by atoms with Crippen molar-refractivity contribution >= 4 is 5.91 Å². The van der Waals surface area contributed by atoms with Crippen LogP contribution in [0.25, 0.3) is 0 Å². The lowest BCUT2D eigenvalue weighted by Crippen LogP contribution is -2.54. The summed E-state index contributed by atoms with van der Waals surface area (Å²) >= 11 is 0. The molecule has 0 unspecified atom stereocenters. The highest BCUT2D eigenvalue weighted by Gasteiger charge is 2.54. The average Bonchev–Trinajstić information content (AvgIpc) is 2.98. The van der Waals surface area contributed by atoms with E-state index < -0.39 is 0 Å². The van der Waals surface area contributed by atoms with E-state index in [4.69, 9.17) is 0 Å². The molecule has 5 fully saturated rings. The van der Waals surface area contributed by atoms with Gasteiger partial charge in [0, 0.05) is 12.0 Å². The van der Waals surface area contributed by atoms with Crippen molar-refractivity contribution in [1.29, 1.82) is 0 Å². The first-order valence-electron chi connectivity index (χ1n) is 12.2. The van der Waals surface area contributed by atoms with Crippen molar-refractivity contribution < 1.29 is 4.79 Å². The Bertz CT molecular complexity index is 681. The van der Waals surface area contributed by atoms with Gasteiger partial charge in [-0.1, -0.05) is 42.7 Å². The summed E-state index contributed by atoms with van der Waals surface area (Å²) in [5.74, 6) is 2.85. The van der Waals surface area contributed by atoms with Crippen LogP contribution in [0.4, 0.5) is 0 Å². The zero-order valence-corrected chi connectivity index (χ0v) is 18.2. The molecule has 3 heteroatoms. The number of amides is 1. The second kappa shape index (κ2) is 8.06. The first kappa shape index (κ1) is 19.6. The van der Waals surface area contributed by atoms with Crippen LogP contribution in [0.3, 0.4) is 0 Å². The molecule has 1 atom stereocenters. The van der Waals surface area contributed by atoms with Gasteiger partial charge in [0.05, 0.1) is 6.04 Å². The number of benzene rings is 1. The second-order valence-electron chi connectivity index (χ2n) is 10.8. The molecule has 29 heavy (non-hydrogen) atoms. The highest BCUT2D eigenvalue weighted by Crippen LogP contribution is 2.60. The Balaban J connectivity index is 1.31. The first-order chi connectivity index (χ1) is 14.1. The lowest BCUT2D eigenvalue weighted by atomic mass is 9.49. The fraction of sp³-hybridized carbons (Fsp3) is 0.731. The van der Waals surface area contributed by atoms with E-state index >= 15 is 0 Å². The smallest absolute Gasteiger partial charge is 0.226 e. The Morgan fingerprint density at radius 1 is 0.966 bits per heavy atom. The van der Waals surface area contributed by atoms with Crippen molar-refractivity contribution in [2.75, 3.05) is 19.6 Å². The summed E-state index contributed by atoms with van der Waals surface area (Å²) in [6.07, 6.45) is 12.9. The van der Waals surface area contributed by atoms with Gasteiger partial charge in [0.1, 0.15) is 0 Å². The number of carbonyl (C=O) groups excluding carboxylic acids is 1. The lowest BCUT2D eigenvalue weighted by molar-refractivity contribution is -0.146. The maximum Gasteiger partial charge on any atom is 0.226 e. The molecule has 6 rings (SSSR count). The number of likely N-dealkylation sites (tertiary alicyclic amines) is 1. The van der Waals surface area contributed by atoms with Crippen molar-refractivity contribution in [3.63, 3.8) is 0 Å². The van der Waals surface area contributed by atoms with Gasteiger partial charge < -0.3 is 5.32 Å². The van der Waals surface area contributed by atoms with E-state index in [9.17, 15) is 4.79 Å². The number of aryl methyl sites for hydroxylation is 1. The van der Waals surface area contributed by atoms with Gasteiger partial charge in [0.2, 0.25) is 5.91 Å². The molecule has 158 valence electrons. The summed E-state index contributed by atoms with van der Waals surface area (Å²) in [5, 5.41) is 3.49. The monoisotopic (exact) mass is 394 g/mol. The number of hydrogen-bond acceptors (Lipinski definition) is 2. The van der Waals surface area contributed by atoms with E-state index in [0.29, 0.717) is 11.9 Å². The van der Waals surface area contributed by atoms with Crippen LogP contribution in [-0.4, -0.2) is 30.4 Å². The molecule has 1 aromatic carbocycles. The fourth-order valence-corrected chi connectivity index (χ4v) is 7.42. The van der Waals surface area contributed by atoms with E-state index in [1.165, 1.54) is 56.1 Å². The third-order valence-electron chi connectivity index (χ3n) is 8.52. The summed E-state index contributed by atoms with van der Waals surface area (Å²) in [7, 11) is 0. The van der Waals surface area contributed by atoms with Crippen LogP contribution in [0.2, 0.25) is 0 Å². The Kier molecular flexibility index (Phi) is 5.45. The number of hydrogen-bond donors (Lipinski definition) is 1. The van der Waals surface area contributed by atoms with Crippen LogP contribution >= 0.6 is 0 Å². The van der Waals surface area contributed by atoms with Gasteiger partial charge in [-0.3, -0.25) is 9.69 Å². The van der Waals surface area contributed by atoms with E-state index in [2.05, 4.69) is 41.4 Å². The summed E-state index contributed by atoms with van der Waals surface area (Å²) in [4.78, 5) is 16.1. The Labute approximate surface area is 176 Å². The van der Waals surface area contributed by atoms with E-state index in [1.807, 2.05) is 0 Å². The quantitative estimate of drug-likeness (QED) is 0.740. The van der Waals surface area contributed by atoms with E-state index in [1.54, 1.807) is 0 Å². The second-order valence-corrected chi connectivity index (χ2v) is 10.8. The highest BCUT2D eigenvalue weighted by molar-refractivity contribution is 5.83. The molecule has 4 saturated carbocycles. The minimum atomic E-state index is -0.0363. The maximum atomic E-state index is 13.5. The maximum absolute atomic E-state index is 13.5. The third kappa shape index (κ3) is 4.00. The number of nitrogens with one attached hydrogen (secondary N) is 1. The number of nitrogens with zero attached hydrogens (tertiary/aromatic N) is 1. The lowest BCUT2D eigenvalue weighted by Gasteiger charge is -2.55. The molecule has 1 heterocycles. The van der Waals surface area contributed by atoms with Crippen molar-refractivity contribution in [1.82, 2.24) is 10.2 Å².